The molecule has 1 N–H and O–H groups in total. The molecule has 1 aliphatic carbocycles. The van der Waals surface area contributed by atoms with E-state index in [-0.39, 0.29) is 22.0 Å². The van der Waals surface area contributed by atoms with Crippen LogP contribution < -0.4 is 5.32 Å². The van der Waals surface area contributed by atoms with Gasteiger partial charge >= 0.3 is 6.18 Å². The van der Waals surface area contributed by atoms with Crippen LogP contribution in [0.15, 0.2) is 11.2 Å². The normalized spacial score (nSPS) is 16.5. The highest BCUT2D eigenvalue weighted by atomic mass is 32.2. The van der Waals surface area contributed by atoms with Crippen LogP contribution in [0.25, 0.3) is 0 Å². The Morgan fingerprint density at radius 2 is 2.06 bits per heavy atom. The van der Waals surface area contributed by atoms with E-state index in [0.29, 0.717) is 16.5 Å². The SMILES string of the molecule is Cc1cc(C(F)(F)F)nc(SCC(=O)Nc2sc3c(c2C#N)CCC(C(C)(C)C)C3)n1. The quantitative estimate of drug-likeness (QED) is 0.466. The second kappa shape index (κ2) is 8.79. The van der Waals surface area contributed by atoms with Crippen LogP contribution >= 0.6 is 23.1 Å². The van der Waals surface area contributed by atoms with E-state index in [9.17, 15) is 23.2 Å². The number of aryl methyl sites for hydroxylation is 1. The first-order valence-electron chi connectivity index (χ1n) is 9.78. The molecule has 0 fully saturated rings. The Kier molecular flexibility index (Phi) is 6.67. The number of thioether (sulfide) groups is 1. The van der Waals surface area contributed by atoms with Crippen LogP contribution in [0.2, 0.25) is 0 Å². The number of thiophene rings is 1. The number of hydrogen-bond acceptors (Lipinski definition) is 6. The van der Waals surface area contributed by atoms with E-state index >= 15 is 0 Å². The van der Waals surface area contributed by atoms with Crippen molar-refractivity contribution in [1.82, 2.24) is 9.97 Å². The van der Waals surface area contributed by atoms with Crippen molar-refractivity contribution in [2.45, 2.75) is 58.3 Å². The Morgan fingerprint density at radius 3 is 2.68 bits per heavy atom. The Morgan fingerprint density at radius 1 is 1.35 bits per heavy atom. The standard InChI is InChI=1S/C21H23F3N4OS2/c1-11-7-16(21(22,23)24)27-19(26-11)30-10-17(29)28-18-14(9-25)13-6-5-12(20(2,3)4)8-15(13)31-18/h7,12H,5-6,8,10H2,1-4H3,(H,28,29). The maximum absolute atomic E-state index is 12.9. The molecular formula is C21H23F3N4OS2. The van der Waals surface area contributed by atoms with Gasteiger partial charge < -0.3 is 5.32 Å². The smallest absolute Gasteiger partial charge is 0.316 e. The molecule has 0 spiro atoms. The topological polar surface area (TPSA) is 78.7 Å². The van der Waals surface area contributed by atoms with Crippen molar-refractivity contribution in [2.24, 2.45) is 11.3 Å². The van der Waals surface area contributed by atoms with Gasteiger partial charge in [-0.25, -0.2) is 9.97 Å². The van der Waals surface area contributed by atoms with Crippen molar-refractivity contribution in [3.63, 3.8) is 0 Å². The number of halogens is 3. The molecule has 0 aliphatic heterocycles. The molecule has 2 heterocycles. The summed E-state index contributed by atoms with van der Waals surface area (Å²) in [5.74, 6) is -0.0598. The van der Waals surface area contributed by atoms with E-state index < -0.39 is 17.8 Å². The van der Waals surface area contributed by atoms with E-state index in [4.69, 9.17) is 0 Å². The molecule has 0 saturated heterocycles. The maximum Gasteiger partial charge on any atom is 0.433 e. The van der Waals surface area contributed by atoms with Crippen molar-refractivity contribution < 1.29 is 18.0 Å². The Balaban J connectivity index is 1.70. The summed E-state index contributed by atoms with van der Waals surface area (Å²) in [4.78, 5) is 21.0. The van der Waals surface area contributed by atoms with Crippen LogP contribution in [0.4, 0.5) is 18.2 Å². The van der Waals surface area contributed by atoms with E-state index in [2.05, 4.69) is 42.1 Å². The van der Waals surface area contributed by atoms with Gasteiger partial charge in [0.1, 0.15) is 16.8 Å². The summed E-state index contributed by atoms with van der Waals surface area (Å²) < 4.78 is 38.8. The highest BCUT2D eigenvalue weighted by molar-refractivity contribution is 7.99. The fourth-order valence-corrected chi connectivity index (χ4v) is 5.57. The van der Waals surface area contributed by atoms with Crippen LogP contribution in [-0.2, 0) is 23.8 Å². The lowest BCUT2D eigenvalue weighted by Gasteiger charge is -2.33. The number of amides is 1. The summed E-state index contributed by atoms with van der Waals surface area (Å²) in [6.07, 6.45) is -1.90. The number of rotatable bonds is 4. The van der Waals surface area contributed by atoms with Crippen LogP contribution in [0.1, 0.15) is 54.6 Å². The molecule has 0 bridgehead atoms. The van der Waals surface area contributed by atoms with Crippen LogP contribution in [0.5, 0.6) is 0 Å². The first-order valence-corrected chi connectivity index (χ1v) is 11.6. The first-order chi connectivity index (χ1) is 14.4. The monoisotopic (exact) mass is 468 g/mol. The van der Waals surface area contributed by atoms with Gasteiger partial charge in [0.05, 0.1) is 11.3 Å². The van der Waals surface area contributed by atoms with E-state index in [1.54, 1.807) is 0 Å². The van der Waals surface area contributed by atoms with Gasteiger partial charge in [0.25, 0.3) is 0 Å². The van der Waals surface area contributed by atoms with Gasteiger partial charge in [-0.05, 0) is 49.1 Å². The summed E-state index contributed by atoms with van der Waals surface area (Å²) in [7, 11) is 0. The highest BCUT2D eigenvalue weighted by Gasteiger charge is 2.34. The highest BCUT2D eigenvalue weighted by Crippen LogP contribution is 2.44. The number of aromatic nitrogens is 2. The number of carbonyl (C=O) groups is 1. The fourth-order valence-electron chi connectivity index (χ4n) is 3.58. The minimum atomic E-state index is -4.58. The summed E-state index contributed by atoms with van der Waals surface area (Å²) in [5.41, 5.74) is 0.812. The van der Waals surface area contributed by atoms with E-state index in [1.165, 1.54) is 18.3 Å². The molecule has 0 radical (unpaired) electrons. The maximum atomic E-state index is 12.9. The lowest BCUT2D eigenvalue weighted by Crippen LogP contribution is -2.26. The van der Waals surface area contributed by atoms with Gasteiger partial charge in [-0.2, -0.15) is 18.4 Å². The zero-order valence-corrected chi connectivity index (χ0v) is 19.3. The third-order valence-electron chi connectivity index (χ3n) is 5.31. The zero-order chi connectivity index (χ0) is 23.0. The molecule has 3 rings (SSSR count). The number of fused-ring (bicyclic) bond motifs is 1. The number of carbonyl (C=O) groups excluding carboxylic acids is 1. The van der Waals surface area contributed by atoms with Crippen molar-refractivity contribution in [3.05, 3.63) is 33.5 Å². The molecule has 0 saturated carbocycles. The summed E-state index contributed by atoms with van der Waals surface area (Å²) >= 11 is 2.25. The van der Waals surface area contributed by atoms with E-state index in [0.717, 1.165) is 47.5 Å². The van der Waals surface area contributed by atoms with Crippen molar-refractivity contribution >= 4 is 34.0 Å². The lowest BCUT2D eigenvalue weighted by molar-refractivity contribution is -0.141. The zero-order valence-electron chi connectivity index (χ0n) is 17.7. The molecule has 2 aromatic heterocycles. The largest absolute Gasteiger partial charge is 0.433 e. The molecule has 2 aromatic rings. The fraction of sp³-hybridized carbons (Fsp3) is 0.524. The minimum Gasteiger partial charge on any atom is -0.316 e. The lowest BCUT2D eigenvalue weighted by atomic mass is 9.72. The van der Waals surface area contributed by atoms with Crippen LogP contribution in [0.3, 0.4) is 0 Å². The number of nitrogens with zero attached hydrogens (tertiary/aromatic N) is 3. The average molecular weight is 469 g/mol. The van der Waals surface area contributed by atoms with Crippen molar-refractivity contribution in [2.75, 3.05) is 11.1 Å². The van der Waals surface area contributed by atoms with Gasteiger partial charge in [-0.15, -0.1) is 11.3 Å². The van der Waals surface area contributed by atoms with E-state index in [1.807, 2.05) is 0 Å². The molecule has 1 unspecified atom stereocenters. The van der Waals surface area contributed by atoms with Crippen molar-refractivity contribution in [1.29, 1.82) is 5.26 Å². The van der Waals surface area contributed by atoms with Crippen LogP contribution in [-0.4, -0.2) is 21.6 Å². The molecule has 1 amide bonds. The van der Waals surface area contributed by atoms with Gasteiger partial charge in [-0.3, -0.25) is 4.79 Å². The second-order valence-corrected chi connectivity index (χ2v) is 10.7. The number of alkyl halides is 3. The Hall–Kier alpha value is -2.12. The molecule has 5 nitrogen and oxygen atoms in total. The molecule has 1 aliphatic rings. The van der Waals surface area contributed by atoms with Gasteiger partial charge in [-0.1, -0.05) is 32.5 Å². The molecule has 166 valence electrons. The predicted octanol–water partition coefficient (Wildman–Crippen LogP) is 5.62. The third kappa shape index (κ3) is 5.57. The predicted molar refractivity (Wildman–Crippen MR) is 115 cm³/mol. The number of nitrogens with one attached hydrogen (secondary N) is 1. The van der Waals surface area contributed by atoms with Gasteiger partial charge in [0.2, 0.25) is 5.91 Å². The third-order valence-corrected chi connectivity index (χ3v) is 7.33. The van der Waals surface area contributed by atoms with Crippen LogP contribution in [0, 0.1) is 29.6 Å². The summed E-state index contributed by atoms with van der Waals surface area (Å²) in [5, 5.41) is 12.8. The Labute approximate surface area is 187 Å². The molecule has 1 atom stereocenters. The number of nitriles is 1. The number of hydrogen-bond donors (Lipinski definition) is 1. The molecule has 0 aromatic carbocycles. The van der Waals surface area contributed by atoms with Gasteiger partial charge in [0, 0.05) is 10.6 Å². The Bertz CT molecular complexity index is 1030. The second-order valence-electron chi connectivity index (χ2n) is 8.64. The first kappa shape index (κ1) is 23.5. The summed E-state index contributed by atoms with van der Waals surface area (Å²) in [6.45, 7) is 8.07. The average Bonchev–Trinajstić information content (AvgIpc) is 3.00. The van der Waals surface area contributed by atoms with Crippen molar-refractivity contribution in [3.8, 4) is 6.07 Å². The molecular weight excluding hydrogens is 445 g/mol. The molecule has 10 heteroatoms. The minimum absolute atomic E-state index is 0.110. The van der Waals surface area contributed by atoms with Gasteiger partial charge in [0.15, 0.2) is 5.16 Å². The number of anilines is 1. The summed E-state index contributed by atoms with van der Waals surface area (Å²) in [6, 6.07) is 3.07. The molecule has 31 heavy (non-hydrogen) atoms.